The highest BCUT2D eigenvalue weighted by atomic mass is 16.4. The maximum Gasteiger partial charge on any atom is 0.303 e. The Kier molecular flexibility index (Phi) is 12.6. The van der Waals surface area contributed by atoms with Crippen molar-refractivity contribution in [2.45, 2.75) is 71.6 Å². The summed E-state index contributed by atoms with van der Waals surface area (Å²) in [5.74, 6) is -1.43. The highest BCUT2D eigenvalue weighted by Crippen LogP contribution is 2.11. The molecule has 0 bridgehead atoms. The van der Waals surface area contributed by atoms with Crippen molar-refractivity contribution in [3.05, 3.63) is 41.5 Å². The van der Waals surface area contributed by atoms with Crippen LogP contribution in [0, 0.1) is 0 Å². The van der Waals surface area contributed by atoms with Gasteiger partial charge in [-0.15, -0.1) is 0 Å². The summed E-state index contributed by atoms with van der Waals surface area (Å²) in [6.07, 6.45) is 9.52. The van der Waals surface area contributed by atoms with Gasteiger partial charge in [-0.05, 0) is 51.0 Å². The summed E-state index contributed by atoms with van der Waals surface area (Å²) in [5, 5.41) is 14.1. The number of nitrogens with one attached hydrogen (secondary N) is 2. The first kappa shape index (κ1) is 26.1. The number of anilines is 1. The molecule has 0 aliphatic heterocycles. The smallest absolute Gasteiger partial charge is 0.303 e. The van der Waals surface area contributed by atoms with E-state index in [0.717, 1.165) is 51.4 Å². The summed E-state index contributed by atoms with van der Waals surface area (Å²) >= 11 is 0. The quantitative estimate of drug-likeness (QED) is 0.216. The molecule has 2 amide bonds. The molecule has 0 aliphatic carbocycles. The van der Waals surface area contributed by atoms with Crippen molar-refractivity contribution in [2.75, 3.05) is 11.9 Å². The van der Waals surface area contributed by atoms with Gasteiger partial charge in [0, 0.05) is 35.9 Å². The minimum Gasteiger partial charge on any atom is -0.481 e. The summed E-state index contributed by atoms with van der Waals surface area (Å²) in [6, 6.07) is 6.57. The number of hydrogen-bond donors (Lipinski definition) is 3. The van der Waals surface area contributed by atoms with Gasteiger partial charge in [-0.2, -0.15) is 0 Å². The van der Waals surface area contributed by atoms with E-state index in [1.807, 2.05) is 0 Å². The molecule has 31 heavy (non-hydrogen) atoms. The van der Waals surface area contributed by atoms with Crippen LogP contribution in [0.5, 0.6) is 0 Å². The van der Waals surface area contributed by atoms with Gasteiger partial charge >= 0.3 is 5.97 Å². The van der Waals surface area contributed by atoms with Crippen LogP contribution in [0.4, 0.5) is 5.69 Å². The van der Waals surface area contributed by atoms with Gasteiger partial charge < -0.3 is 15.7 Å². The van der Waals surface area contributed by atoms with Crippen LogP contribution in [-0.4, -0.2) is 35.2 Å². The number of unbranched alkanes of at least 4 members (excludes halogenated alkanes) is 7. The molecule has 1 aromatic rings. The lowest BCUT2D eigenvalue weighted by molar-refractivity contribution is -0.137. The second-order valence-electron chi connectivity index (χ2n) is 7.68. The van der Waals surface area contributed by atoms with Gasteiger partial charge in [0.05, 0.1) is 0 Å². The normalized spacial score (nSPS) is 11.1. The molecule has 0 aliphatic rings. The number of carboxylic acid groups (broad SMARTS) is 1. The molecule has 0 saturated carbocycles. The van der Waals surface area contributed by atoms with Crippen molar-refractivity contribution >= 4 is 29.3 Å². The molecule has 170 valence electrons. The van der Waals surface area contributed by atoms with Crippen LogP contribution in [0.2, 0.25) is 0 Å². The fourth-order valence-electron chi connectivity index (χ4n) is 3.03. The first-order valence-corrected chi connectivity index (χ1v) is 10.9. The Labute approximate surface area is 184 Å². The Morgan fingerprint density at radius 3 is 1.94 bits per heavy atom. The van der Waals surface area contributed by atoms with E-state index < -0.39 is 11.9 Å². The molecule has 0 atom stereocenters. The lowest BCUT2D eigenvalue weighted by atomic mass is 10.1. The standard InChI is InChI=1S/C24H34N2O5/c1-18(17-22(28)26-21-14-12-20(13-15-21)19(2)27)24(31)25-16-10-8-6-4-3-5-7-9-11-23(29)30/h12-15,17H,3-11,16H2,1-2H3,(H,25,31)(H,26,28)(H,29,30)/b18-17+. The van der Waals surface area contributed by atoms with E-state index in [2.05, 4.69) is 10.6 Å². The van der Waals surface area contributed by atoms with Crippen LogP contribution >= 0.6 is 0 Å². The third kappa shape index (κ3) is 12.4. The van der Waals surface area contributed by atoms with Crippen molar-refractivity contribution in [1.82, 2.24) is 5.32 Å². The first-order valence-electron chi connectivity index (χ1n) is 10.9. The zero-order valence-electron chi connectivity index (χ0n) is 18.5. The van der Waals surface area contributed by atoms with Crippen molar-refractivity contribution < 1.29 is 24.3 Å². The molecule has 0 saturated heterocycles. The molecule has 7 nitrogen and oxygen atoms in total. The highest BCUT2D eigenvalue weighted by molar-refractivity contribution is 6.06. The van der Waals surface area contributed by atoms with Crippen molar-refractivity contribution in [1.29, 1.82) is 0 Å². The minimum absolute atomic E-state index is 0.0433. The second-order valence-corrected chi connectivity index (χ2v) is 7.68. The molecule has 3 N–H and O–H groups in total. The van der Waals surface area contributed by atoms with Gasteiger partial charge in [0.15, 0.2) is 5.78 Å². The third-order valence-corrected chi connectivity index (χ3v) is 4.87. The van der Waals surface area contributed by atoms with E-state index in [0.29, 0.717) is 23.4 Å². The largest absolute Gasteiger partial charge is 0.481 e. The molecule has 0 unspecified atom stereocenters. The lowest BCUT2D eigenvalue weighted by Crippen LogP contribution is -2.26. The average Bonchev–Trinajstić information content (AvgIpc) is 2.71. The Morgan fingerprint density at radius 1 is 0.839 bits per heavy atom. The van der Waals surface area contributed by atoms with Crippen LogP contribution < -0.4 is 10.6 Å². The van der Waals surface area contributed by atoms with Gasteiger partial charge in [-0.25, -0.2) is 0 Å². The molecule has 0 heterocycles. The van der Waals surface area contributed by atoms with Gasteiger partial charge in [-0.1, -0.05) is 38.5 Å². The number of carbonyl (C=O) groups is 4. The fourth-order valence-corrected chi connectivity index (χ4v) is 3.03. The number of hydrogen-bond acceptors (Lipinski definition) is 4. The Bertz CT molecular complexity index is 769. The fraction of sp³-hybridized carbons (Fsp3) is 0.500. The lowest BCUT2D eigenvalue weighted by Gasteiger charge is -2.07. The maximum atomic E-state index is 12.1. The number of benzene rings is 1. The maximum absolute atomic E-state index is 12.1. The Morgan fingerprint density at radius 2 is 1.39 bits per heavy atom. The predicted octanol–water partition coefficient (Wildman–Crippen LogP) is 4.49. The number of ketones is 1. The van der Waals surface area contributed by atoms with Crippen molar-refractivity contribution in [3.8, 4) is 0 Å². The van der Waals surface area contributed by atoms with Gasteiger partial charge in [0.25, 0.3) is 0 Å². The van der Waals surface area contributed by atoms with Gasteiger partial charge in [-0.3, -0.25) is 19.2 Å². The number of carbonyl (C=O) groups excluding carboxylic acids is 3. The molecule has 1 rings (SSSR count). The van der Waals surface area contributed by atoms with Gasteiger partial charge in [0.2, 0.25) is 11.8 Å². The average molecular weight is 431 g/mol. The van der Waals surface area contributed by atoms with E-state index >= 15 is 0 Å². The van der Waals surface area contributed by atoms with Crippen molar-refractivity contribution in [3.63, 3.8) is 0 Å². The third-order valence-electron chi connectivity index (χ3n) is 4.87. The summed E-state index contributed by atoms with van der Waals surface area (Å²) in [5.41, 5.74) is 1.46. The van der Waals surface area contributed by atoms with E-state index in [1.54, 1.807) is 31.2 Å². The zero-order valence-corrected chi connectivity index (χ0v) is 18.5. The van der Waals surface area contributed by atoms with E-state index in [-0.39, 0.29) is 18.1 Å². The van der Waals surface area contributed by atoms with E-state index in [4.69, 9.17) is 5.11 Å². The SMILES string of the molecule is CC(=O)c1ccc(NC(=O)/C=C(\C)C(=O)NCCCCCCCCCCC(=O)O)cc1. The molecule has 0 radical (unpaired) electrons. The molecule has 7 heteroatoms. The Hall–Kier alpha value is -2.96. The Balaban J connectivity index is 2.16. The summed E-state index contributed by atoms with van der Waals surface area (Å²) in [7, 11) is 0. The van der Waals surface area contributed by atoms with E-state index in [9.17, 15) is 19.2 Å². The van der Waals surface area contributed by atoms with E-state index in [1.165, 1.54) is 13.0 Å². The number of carboxylic acids is 1. The summed E-state index contributed by atoms with van der Waals surface area (Å²) in [4.78, 5) is 45.8. The molecular formula is C24H34N2O5. The number of aliphatic carboxylic acids is 1. The summed E-state index contributed by atoms with van der Waals surface area (Å²) in [6.45, 7) is 3.64. The highest BCUT2D eigenvalue weighted by Gasteiger charge is 2.07. The number of amides is 2. The van der Waals surface area contributed by atoms with Crippen LogP contribution in [-0.2, 0) is 14.4 Å². The molecule has 0 spiro atoms. The summed E-state index contributed by atoms with van der Waals surface area (Å²) < 4.78 is 0. The monoisotopic (exact) mass is 430 g/mol. The molecule has 1 aromatic carbocycles. The zero-order chi connectivity index (χ0) is 23.1. The van der Waals surface area contributed by atoms with Crippen LogP contribution in [0.1, 0.15) is 82.0 Å². The molecule has 0 fully saturated rings. The van der Waals surface area contributed by atoms with Crippen LogP contribution in [0.3, 0.4) is 0 Å². The predicted molar refractivity (Wildman–Crippen MR) is 121 cm³/mol. The topological polar surface area (TPSA) is 113 Å². The molecular weight excluding hydrogens is 396 g/mol. The molecule has 0 aromatic heterocycles. The number of rotatable bonds is 15. The van der Waals surface area contributed by atoms with Gasteiger partial charge in [0.1, 0.15) is 0 Å². The van der Waals surface area contributed by atoms with Crippen LogP contribution in [0.25, 0.3) is 0 Å². The first-order chi connectivity index (χ1) is 14.8. The van der Waals surface area contributed by atoms with Crippen LogP contribution in [0.15, 0.2) is 35.9 Å². The number of Topliss-reactive ketones (excluding diaryl/α,β-unsaturated/α-hetero) is 1. The second kappa shape index (κ2) is 14.9. The van der Waals surface area contributed by atoms with Crippen molar-refractivity contribution in [2.24, 2.45) is 0 Å². The minimum atomic E-state index is -0.729.